The molecule has 0 saturated carbocycles. The number of benzene rings is 1. The quantitative estimate of drug-likeness (QED) is 0.657. The largest absolute Gasteiger partial charge is 0.370 e. The van der Waals surface area contributed by atoms with Crippen molar-refractivity contribution < 1.29 is 14.4 Å². The summed E-state index contributed by atoms with van der Waals surface area (Å²) in [4.78, 5) is 38.9. The van der Waals surface area contributed by atoms with Crippen molar-refractivity contribution in [1.29, 1.82) is 0 Å². The maximum absolute atomic E-state index is 13.2. The van der Waals surface area contributed by atoms with E-state index >= 15 is 0 Å². The summed E-state index contributed by atoms with van der Waals surface area (Å²) in [6, 6.07) is 8.21. The van der Waals surface area contributed by atoms with Crippen molar-refractivity contribution in [2.45, 2.75) is 64.5 Å². The number of piperazine rings is 1. The Morgan fingerprint density at radius 3 is 2.52 bits per heavy atom. The van der Waals surface area contributed by atoms with Gasteiger partial charge in [0, 0.05) is 13.0 Å². The first-order valence-corrected chi connectivity index (χ1v) is 9.89. The number of hydrogen-bond donors (Lipinski definition) is 2. The molecule has 1 aromatic rings. The zero-order valence-electron chi connectivity index (χ0n) is 16.3. The van der Waals surface area contributed by atoms with Crippen molar-refractivity contribution in [3.8, 4) is 0 Å². The third-order valence-corrected chi connectivity index (χ3v) is 5.25. The molecule has 6 heteroatoms. The van der Waals surface area contributed by atoms with Crippen LogP contribution in [0, 0.1) is 5.92 Å². The Labute approximate surface area is 161 Å². The van der Waals surface area contributed by atoms with Crippen LogP contribution in [0.3, 0.4) is 0 Å². The minimum Gasteiger partial charge on any atom is -0.370 e. The Bertz CT molecular complexity index is 647. The summed E-state index contributed by atoms with van der Waals surface area (Å²) in [6.07, 6.45) is 4.41. The van der Waals surface area contributed by atoms with Gasteiger partial charge in [0.2, 0.25) is 17.7 Å². The number of amides is 3. The second kappa shape index (κ2) is 10.1. The fourth-order valence-corrected chi connectivity index (χ4v) is 3.62. The van der Waals surface area contributed by atoms with Crippen molar-refractivity contribution in [2.24, 2.45) is 11.7 Å². The molecule has 148 valence electrons. The lowest BCUT2D eigenvalue weighted by Crippen LogP contribution is -2.65. The van der Waals surface area contributed by atoms with Crippen LogP contribution in [0.1, 0.15) is 51.5 Å². The van der Waals surface area contributed by atoms with E-state index in [2.05, 4.69) is 19.2 Å². The zero-order chi connectivity index (χ0) is 19.8. The van der Waals surface area contributed by atoms with E-state index in [4.69, 9.17) is 5.73 Å². The molecule has 0 bridgehead atoms. The number of hydrogen-bond acceptors (Lipinski definition) is 3. The number of carbonyl (C=O) groups excluding carboxylic acids is 3. The number of carbonyl (C=O) groups is 3. The molecule has 1 fully saturated rings. The molecule has 3 N–H and O–H groups in total. The van der Waals surface area contributed by atoms with Crippen LogP contribution in [0.4, 0.5) is 0 Å². The van der Waals surface area contributed by atoms with Crippen LogP contribution in [0.5, 0.6) is 0 Å². The molecule has 1 aliphatic heterocycles. The molecule has 2 rings (SSSR count). The second-order valence-corrected chi connectivity index (χ2v) is 7.34. The Kier molecular flexibility index (Phi) is 7.82. The summed E-state index contributed by atoms with van der Waals surface area (Å²) >= 11 is 0. The summed E-state index contributed by atoms with van der Waals surface area (Å²) in [6.45, 7) is 4.73. The lowest BCUT2D eigenvalue weighted by atomic mass is 9.94. The molecule has 0 radical (unpaired) electrons. The van der Waals surface area contributed by atoms with Crippen molar-refractivity contribution in [2.75, 3.05) is 6.54 Å². The molecule has 1 saturated heterocycles. The molecule has 1 aliphatic rings. The molecule has 0 spiro atoms. The van der Waals surface area contributed by atoms with Gasteiger partial charge in [0.1, 0.15) is 12.1 Å². The maximum atomic E-state index is 13.2. The third-order valence-electron chi connectivity index (χ3n) is 5.25. The fourth-order valence-electron chi connectivity index (χ4n) is 3.62. The molecule has 3 amide bonds. The first-order chi connectivity index (χ1) is 13.0. The molecule has 0 aliphatic carbocycles. The van der Waals surface area contributed by atoms with Gasteiger partial charge >= 0.3 is 0 Å². The van der Waals surface area contributed by atoms with E-state index in [9.17, 15) is 14.4 Å². The van der Waals surface area contributed by atoms with Crippen molar-refractivity contribution in [3.05, 3.63) is 35.9 Å². The van der Waals surface area contributed by atoms with Crippen LogP contribution < -0.4 is 11.1 Å². The summed E-state index contributed by atoms with van der Waals surface area (Å²) < 4.78 is 0. The Morgan fingerprint density at radius 1 is 1.22 bits per heavy atom. The molecule has 1 aromatic carbocycles. The highest BCUT2D eigenvalue weighted by molar-refractivity contribution is 5.99. The lowest BCUT2D eigenvalue weighted by Gasteiger charge is -2.40. The van der Waals surface area contributed by atoms with Gasteiger partial charge < -0.3 is 16.0 Å². The first-order valence-electron chi connectivity index (χ1n) is 9.89. The number of nitrogens with two attached hydrogens (primary N) is 1. The van der Waals surface area contributed by atoms with Crippen molar-refractivity contribution in [1.82, 2.24) is 10.2 Å². The van der Waals surface area contributed by atoms with Gasteiger partial charge in [-0.25, -0.2) is 0 Å². The van der Waals surface area contributed by atoms with E-state index in [1.54, 1.807) is 4.90 Å². The summed E-state index contributed by atoms with van der Waals surface area (Å²) in [5, 5.41) is 2.80. The SMILES string of the molecule is CCCCC(CC)CN1C(=O)[C@H](Cc2ccccc2)NC(=O)[C@@H]1CC(N)=O. The fraction of sp³-hybridized carbons (Fsp3) is 0.571. The van der Waals surface area contributed by atoms with Crippen LogP contribution in [-0.4, -0.2) is 41.2 Å². The minimum absolute atomic E-state index is 0.125. The van der Waals surface area contributed by atoms with Gasteiger partial charge in [0.15, 0.2) is 0 Å². The molecule has 27 heavy (non-hydrogen) atoms. The predicted molar refractivity (Wildman–Crippen MR) is 105 cm³/mol. The number of nitrogens with one attached hydrogen (secondary N) is 1. The molecule has 0 aromatic heterocycles. The average molecular weight is 373 g/mol. The van der Waals surface area contributed by atoms with E-state index in [1.165, 1.54) is 0 Å². The average Bonchev–Trinajstić information content (AvgIpc) is 2.65. The van der Waals surface area contributed by atoms with Crippen molar-refractivity contribution in [3.63, 3.8) is 0 Å². The molecule has 6 nitrogen and oxygen atoms in total. The molecule has 1 heterocycles. The van der Waals surface area contributed by atoms with Gasteiger partial charge in [0.05, 0.1) is 6.42 Å². The molecule has 1 unspecified atom stereocenters. The highest BCUT2D eigenvalue weighted by Crippen LogP contribution is 2.21. The molecular weight excluding hydrogens is 342 g/mol. The highest BCUT2D eigenvalue weighted by Gasteiger charge is 2.41. The second-order valence-electron chi connectivity index (χ2n) is 7.34. The number of unbranched alkanes of at least 4 members (excludes halogenated alkanes) is 1. The van der Waals surface area contributed by atoms with E-state index in [0.29, 0.717) is 18.9 Å². The van der Waals surface area contributed by atoms with Crippen LogP contribution in [0.25, 0.3) is 0 Å². The minimum atomic E-state index is -0.808. The monoisotopic (exact) mass is 373 g/mol. The van der Waals surface area contributed by atoms with E-state index in [-0.39, 0.29) is 18.2 Å². The Balaban J connectivity index is 2.19. The molecular formula is C21H31N3O3. The maximum Gasteiger partial charge on any atom is 0.246 e. The lowest BCUT2D eigenvalue weighted by molar-refractivity contribution is -0.151. The summed E-state index contributed by atoms with van der Waals surface area (Å²) in [7, 11) is 0. The first kappa shape index (κ1) is 20.9. The number of rotatable bonds is 10. The van der Waals surface area contributed by atoms with Crippen LogP contribution in [-0.2, 0) is 20.8 Å². The molecule has 3 atom stereocenters. The standard InChI is InChI=1S/C21H31N3O3/c1-3-5-9-15(4-2)14-24-18(13-19(22)25)20(26)23-17(21(24)27)12-16-10-7-6-8-11-16/h6-8,10-11,15,17-18H,3-5,9,12-14H2,1-2H3,(H2,22,25)(H,23,26)/t15?,17-,18-/m0/s1. The normalized spacial score (nSPS) is 21.0. The van der Waals surface area contributed by atoms with Crippen LogP contribution in [0.2, 0.25) is 0 Å². The number of primary amides is 1. The summed E-state index contributed by atoms with van der Waals surface area (Å²) in [5.41, 5.74) is 6.33. The third kappa shape index (κ3) is 5.81. The van der Waals surface area contributed by atoms with E-state index in [1.807, 2.05) is 30.3 Å². The van der Waals surface area contributed by atoms with Crippen LogP contribution >= 0.6 is 0 Å². The van der Waals surface area contributed by atoms with Crippen molar-refractivity contribution >= 4 is 17.7 Å². The van der Waals surface area contributed by atoms with Gasteiger partial charge in [-0.05, 0) is 17.9 Å². The topological polar surface area (TPSA) is 92.5 Å². The van der Waals surface area contributed by atoms with E-state index in [0.717, 1.165) is 31.2 Å². The predicted octanol–water partition coefficient (Wildman–Crippen LogP) is 2.02. The van der Waals surface area contributed by atoms with Gasteiger partial charge in [0.25, 0.3) is 0 Å². The smallest absolute Gasteiger partial charge is 0.246 e. The highest BCUT2D eigenvalue weighted by atomic mass is 16.2. The number of nitrogens with zero attached hydrogens (tertiary/aromatic N) is 1. The van der Waals surface area contributed by atoms with Gasteiger partial charge in [-0.1, -0.05) is 63.4 Å². The van der Waals surface area contributed by atoms with Crippen LogP contribution in [0.15, 0.2) is 30.3 Å². The summed E-state index contributed by atoms with van der Waals surface area (Å²) in [5.74, 6) is -0.678. The Hall–Kier alpha value is -2.37. The Morgan fingerprint density at radius 2 is 1.93 bits per heavy atom. The van der Waals surface area contributed by atoms with Gasteiger partial charge in [-0.2, -0.15) is 0 Å². The zero-order valence-corrected chi connectivity index (χ0v) is 16.3. The van der Waals surface area contributed by atoms with E-state index < -0.39 is 18.0 Å². The van der Waals surface area contributed by atoms with Gasteiger partial charge in [-0.3, -0.25) is 14.4 Å². The van der Waals surface area contributed by atoms with Gasteiger partial charge in [-0.15, -0.1) is 0 Å².